The molecule has 1 aliphatic rings. The van der Waals surface area contributed by atoms with Crippen molar-refractivity contribution in [2.45, 2.75) is 32.4 Å². The molecule has 2 heterocycles. The van der Waals surface area contributed by atoms with Crippen molar-refractivity contribution in [1.29, 1.82) is 0 Å². The maximum absolute atomic E-state index is 13.6. The van der Waals surface area contributed by atoms with Crippen LogP contribution < -0.4 is 15.8 Å². The summed E-state index contributed by atoms with van der Waals surface area (Å²) < 4.78 is 1.30. The Bertz CT molecular complexity index is 1440. The third kappa shape index (κ3) is 4.08. The molecule has 1 N–H and O–H groups in total. The van der Waals surface area contributed by atoms with E-state index in [0.717, 1.165) is 11.1 Å². The van der Waals surface area contributed by atoms with Crippen LogP contribution in [0.4, 0.5) is 11.4 Å². The third-order valence-corrected chi connectivity index (χ3v) is 6.18. The molecule has 4 aromatic rings. The first kappa shape index (κ1) is 21.6. The summed E-state index contributed by atoms with van der Waals surface area (Å²) in [7, 11) is 0. The molecule has 1 unspecified atom stereocenters. The molecule has 3 aromatic carbocycles. The Labute approximate surface area is 196 Å². The van der Waals surface area contributed by atoms with Gasteiger partial charge in [0, 0.05) is 11.4 Å². The minimum atomic E-state index is -0.687. The standard InChI is InChI=1S/C27H24N4O3/c1-18-10-13-20(14-11-18)29-26(33)24-15-12-19-6-2-5-9-23(19)31(24)25(32)16-30-17-28-22-8-4-3-7-21(22)27(30)34/h2-11,13-14,17,24H,12,15-16H2,1H3,(H,29,33). The van der Waals surface area contributed by atoms with Gasteiger partial charge in [0.05, 0.1) is 17.2 Å². The van der Waals surface area contributed by atoms with Crippen LogP contribution >= 0.6 is 0 Å². The number of nitrogens with one attached hydrogen (secondary N) is 1. The normalized spacial score (nSPS) is 15.1. The van der Waals surface area contributed by atoms with Crippen molar-refractivity contribution in [2.24, 2.45) is 0 Å². The number of amides is 2. The monoisotopic (exact) mass is 452 g/mol. The van der Waals surface area contributed by atoms with E-state index in [0.29, 0.717) is 35.1 Å². The summed E-state index contributed by atoms with van der Waals surface area (Å²) in [5, 5.41) is 3.39. The van der Waals surface area contributed by atoms with E-state index in [-0.39, 0.29) is 23.9 Å². The van der Waals surface area contributed by atoms with Gasteiger partial charge in [0.25, 0.3) is 5.56 Å². The van der Waals surface area contributed by atoms with Crippen molar-refractivity contribution < 1.29 is 9.59 Å². The fourth-order valence-corrected chi connectivity index (χ4v) is 4.41. The van der Waals surface area contributed by atoms with E-state index in [1.807, 2.05) is 61.5 Å². The lowest BCUT2D eigenvalue weighted by molar-refractivity contribution is -0.124. The van der Waals surface area contributed by atoms with Gasteiger partial charge in [-0.15, -0.1) is 0 Å². The minimum Gasteiger partial charge on any atom is -0.324 e. The number of anilines is 2. The first-order chi connectivity index (χ1) is 16.5. The first-order valence-corrected chi connectivity index (χ1v) is 11.2. The Morgan fingerprint density at radius 1 is 1.00 bits per heavy atom. The lowest BCUT2D eigenvalue weighted by Crippen LogP contribution is -2.51. The average Bonchev–Trinajstić information content (AvgIpc) is 2.86. The molecular weight excluding hydrogens is 428 g/mol. The SMILES string of the molecule is Cc1ccc(NC(=O)C2CCc3ccccc3N2C(=O)Cn2cnc3ccccc3c2=O)cc1. The second kappa shape index (κ2) is 8.94. The molecule has 7 nitrogen and oxygen atoms in total. The number of hydrogen-bond acceptors (Lipinski definition) is 4. The zero-order chi connectivity index (χ0) is 23.7. The summed E-state index contributed by atoms with van der Waals surface area (Å²) >= 11 is 0. The number of fused-ring (bicyclic) bond motifs is 2. The molecular formula is C27H24N4O3. The Kier molecular flexibility index (Phi) is 5.67. The summed E-state index contributed by atoms with van der Waals surface area (Å²) in [6.07, 6.45) is 2.56. The van der Waals surface area contributed by atoms with Gasteiger partial charge in [-0.05, 0) is 55.7 Å². The summed E-state index contributed by atoms with van der Waals surface area (Å²) in [6.45, 7) is 1.77. The van der Waals surface area contributed by atoms with Crippen molar-refractivity contribution in [1.82, 2.24) is 9.55 Å². The van der Waals surface area contributed by atoms with Crippen molar-refractivity contribution in [3.63, 3.8) is 0 Å². The van der Waals surface area contributed by atoms with E-state index < -0.39 is 6.04 Å². The van der Waals surface area contributed by atoms with Gasteiger partial charge in [0.1, 0.15) is 12.6 Å². The van der Waals surface area contributed by atoms with Crippen LogP contribution in [-0.2, 0) is 22.6 Å². The number of hydrogen-bond donors (Lipinski definition) is 1. The van der Waals surface area contributed by atoms with E-state index in [2.05, 4.69) is 10.3 Å². The lowest BCUT2D eigenvalue weighted by atomic mass is 9.95. The molecule has 170 valence electrons. The fraction of sp³-hybridized carbons (Fsp3) is 0.185. The van der Waals surface area contributed by atoms with Crippen LogP contribution in [0, 0.1) is 6.92 Å². The molecule has 1 aliphatic heterocycles. The molecule has 0 aliphatic carbocycles. The maximum Gasteiger partial charge on any atom is 0.261 e. The van der Waals surface area contributed by atoms with Crippen molar-refractivity contribution in [3.8, 4) is 0 Å². The number of aromatic nitrogens is 2. The van der Waals surface area contributed by atoms with Gasteiger partial charge in [0.2, 0.25) is 11.8 Å². The molecule has 0 saturated heterocycles. The summed E-state index contributed by atoms with van der Waals surface area (Å²) in [5.41, 5.74) is 3.76. The lowest BCUT2D eigenvalue weighted by Gasteiger charge is -2.36. The Morgan fingerprint density at radius 2 is 1.74 bits per heavy atom. The van der Waals surface area contributed by atoms with Gasteiger partial charge in [0.15, 0.2) is 0 Å². The number of rotatable bonds is 4. The molecule has 5 rings (SSSR count). The summed E-state index contributed by atoms with van der Waals surface area (Å²) in [6, 6.07) is 21.5. The minimum absolute atomic E-state index is 0.209. The second-order valence-electron chi connectivity index (χ2n) is 8.50. The number of nitrogens with zero attached hydrogens (tertiary/aromatic N) is 3. The van der Waals surface area contributed by atoms with Crippen LogP contribution in [0.2, 0.25) is 0 Å². The predicted octanol–water partition coefficient (Wildman–Crippen LogP) is 3.69. The highest BCUT2D eigenvalue weighted by atomic mass is 16.2. The molecule has 1 atom stereocenters. The second-order valence-corrected chi connectivity index (χ2v) is 8.50. The van der Waals surface area contributed by atoms with Gasteiger partial charge in [-0.3, -0.25) is 23.9 Å². The van der Waals surface area contributed by atoms with Crippen molar-refractivity contribution in [2.75, 3.05) is 10.2 Å². The number of carbonyl (C=O) groups is 2. The molecule has 1 aromatic heterocycles. The number of carbonyl (C=O) groups excluding carboxylic acids is 2. The van der Waals surface area contributed by atoms with Crippen LogP contribution in [0.25, 0.3) is 10.9 Å². The van der Waals surface area contributed by atoms with Crippen LogP contribution in [0.3, 0.4) is 0 Å². The van der Waals surface area contributed by atoms with Gasteiger partial charge in [-0.1, -0.05) is 48.0 Å². The van der Waals surface area contributed by atoms with Gasteiger partial charge in [-0.2, -0.15) is 0 Å². The van der Waals surface area contributed by atoms with Gasteiger partial charge >= 0.3 is 0 Å². The van der Waals surface area contributed by atoms with Crippen LogP contribution in [0.5, 0.6) is 0 Å². The maximum atomic E-state index is 13.6. The largest absolute Gasteiger partial charge is 0.324 e. The van der Waals surface area contributed by atoms with Crippen LogP contribution in [0.1, 0.15) is 17.5 Å². The van der Waals surface area contributed by atoms with E-state index >= 15 is 0 Å². The zero-order valence-electron chi connectivity index (χ0n) is 18.8. The quantitative estimate of drug-likeness (QED) is 0.512. The number of aryl methyl sites for hydroxylation is 2. The van der Waals surface area contributed by atoms with Gasteiger partial charge in [-0.25, -0.2) is 4.98 Å². The fourth-order valence-electron chi connectivity index (χ4n) is 4.41. The Balaban J connectivity index is 1.47. The van der Waals surface area contributed by atoms with E-state index in [9.17, 15) is 14.4 Å². The molecule has 0 fully saturated rings. The highest BCUT2D eigenvalue weighted by molar-refractivity contribution is 6.06. The van der Waals surface area contributed by atoms with E-state index in [1.165, 1.54) is 15.8 Å². The van der Waals surface area contributed by atoms with E-state index in [1.54, 1.807) is 18.2 Å². The third-order valence-electron chi connectivity index (χ3n) is 6.18. The molecule has 0 spiro atoms. The summed E-state index contributed by atoms with van der Waals surface area (Å²) in [5.74, 6) is -0.592. The average molecular weight is 453 g/mol. The smallest absolute Gasteiger partial charge is 0.261 e. The highest BCUT2D eigenvalue weighted by Gasteiger charge is 2.35. The van der Waals surface area contributed by atoms with E-state index in [4.69, 9.17) is 0 Å². The number of benzene rings is 3. The van der Waals surface area contributed by atoms with Crippen LogP contribution in [0.15, 0.2) is 83.9 Å². The Morgan fingerprint density at radius 3 is 2.56 bits per heavy atom. The molecule has 0 bridgehead atoms. The molecule has 7 heteroatoms. The molecule has 2 amide bonds. The topological polar surface area (TPSA) is 84.3 Å². The van der Waals surface area contributed by atoms with Gasteiger partial charge < -0.3 is 5.32 Å². The summed E-state index contributed by atoms with van der Waals surface area (Å²) in [4.78, 5) is 45.7. The zero-order valence-corrected chi connectivity index (χ0v) is 18.8. The Hall–Kier alpha value is -4.26. The molecule has 0 radical (unpaired) electrons. The van der Waals surface area contributed by atoms with Crippen LogP contribution in [-0.4, -0.2) is 27.4 Å². The predicted molar refractivity (Wildman–Crippen MR) is 132 cm³/mol. The van der Waals surface area contributed by atoms with Crippen molar-refractivity contribution in [3.05, 3.63) is 101 Å². The van der Waals surface area contributed by atoms with Crippen molar-refractivity contribution >= 4 is 34.1 Å². The molecule has 0 saturated carbocycles. The first-order valence-electron chi connectivity index (χ1n) is 11.2. The highest BCUT2D eigenvalue weighted by Crippen LogP contribution is 2.31. The number of para-hydroxylation sites is 2. The molecule has 34 heavy (non-hydrogen) atoms.